The molecule has 94 valence electrons. The quantitative estimate of drug-likeness (QED) is 0.649. The zero-order valence-corrected chi connectivity index (χ0v) is 10.9. The highest BCUT2D eigenvalue weighted by atomic mass is 15.4. The van der Waals surface area contributed by atoms with Gasteiger partial charge in [0.25, 0.3) is 0 Å². The number of guanidine groups is 2. The van der Waals surface area contributed by atoms with Crippen LogP contribution in [0.1, 0.15) is 39.0 Å². The molecule has 5 nitrogen and oxygen atoms in total. The minimum atomic E-state index is -0.259. The normalized spacial score (nSPS) is 23.2. The molecule has 2 rings (SSSR count). The monoisotopic (exact) mass is 235 g/mol. The molecule has 1 spiro atoms. The minimum Gasteiger partial charge on any atom is -0.349 e. The molecule has 1 heterocycles. The number of nitrogens with zero attached hydrogens (tertiary/aromatic N) is 4. The van der Waals surface area contributed by atoms with Crippen molar-refractivity contribution in [2.24, 2.45) is 15.0 Å². The van der Waals surface area contributed by atoms with Gasteiger partial charge < -0.3 is 4.90 Å². The highest BCUT2D eigenvalue weighted by Crippen LogP contribution is 2.34. The standard InChI is InChI=1S/C12H21N5/c1-4-13-10-14-11(17(2)3)16-12(15-10)8-6-5-7-9-12/h4H,5-9H2,1-3H3,(H,14,15,16). The number of hydrogen-bond donors (Lipinski definition) is 1. The molecule has 0 radical (unpaired) electrons. The van der Waals surface area contributed by atoms with Crippen LogP contribution in [-0.4, -0.2) is 42.8 Å². The van der Waals surface area contributed by atoms with Crippen LogP contribution in [0.15, 0.2) is 15.0 Å². The van der Waals surface area contributed by atoms with Gasteiger partial charge in [0.15, 0.2) is 5.66 Å². The van der Waals surface area contributed by atoms with Gasteiger partial charge in [0, 0.05) is 20.3 Å². The Balaban J connectivity index is 2.29. The molecule has 0 amide bonds. The first-order chi connectivity index (χ1) is 8.15. The van der Waals surface area contributed by atoms with Crippen molar-refractivity contribution in [1.29, 1.82) is 0 Å². The summed E-state index contributed by atoms with van der Waals surface area (Å²) >= 11 is 0. The van der Waals surface area contributed by atoms with Gasteiger partial charge in [-0.05, 0) is 32.6 Å². The molecule has 0 bridgehead atoms. The first-order valence-electron chi connectivity index (χ1n) is 6.28. The van der Waals surface area contributed by atoms with E-state index in [4.69, 9.17) is 4.99 Å². The average Bonchev–Trinajstić information content (AvgIpc) is 2.29. The molecule has 1 fully saturated rings. The zero-order chi connectivity index (χ0) is 12.3. The van der Waals surface area contributed by atoms with Gasteiger partial charge in [-0.1, -0.05) is 6.42 Å². The molecular weight excluding hydrogens is 214 g/mol. The molecule has 1 N–H and O–H groups in total. The highest BCUT2D eigenvalue weighted by Gasteiger charge is 2.35. The van der Waals surface area contributed by atoms with E-state index in [1.54, 1.807) is 6.21 Å². The third kappa shape index (κ3) is 2.65. The van der Waals surface area contributed by atoms with Crippen molar-refractivity contribution in [3.63, 3.8) is 0 Å². The maximum absolute atomic E-state index is 4.77. The fourth-order valence-electron chi connectivity index (χ4n) is 2.31. The summed E-state index contributed by atoms with van der Waals surface area (Å²) in [6.45, 7) is 1.90. The summed E-state index contributed by atoms with van der Waals surface area (Å²) in [5, 5.41) is 3.15. The number of rotatable bonds is 0. The van der Waals surface area contributed by atoms with Gasteiger partial charge in [-0.25, -0.2) is 15.0 Å². The van der Waals surface area contributed by atoms with Crippen LogP contribution >= 0.6 is 0 Å². The van der Waals surface area contributed by atoms with Crippen LogP contribution in [0.2, 0.25) is 0 Å². The van der Waals surface area contributed by atoms with Crippen LogP contribution < -0.4 is 5.32 Å². The van der Waals surface area contributed by atoms with Gasteiger partial charge in [0.1, 0.15) is 0 Å². The van der Waals surface area contributed by atoms with Crippen LogP contribution in [0, 0.1) is 0 Å². The van der Waals surface area contributed by atoms with E-state index in [9.17, 15) is 0 Å². The van der Waals surface area contributed by atoms with Crippen LogP contribution in [0.4, 0.5) is 0 Å². The molecule has 0 aromatic carbocycles. The molecular formula is C12H21N5. The lowest BCUT2D eigenvalue weighted by Gasteiger charge is -2.35. The third-order valence-electron chi connectivity index (χ3n) is 3.18. The Morgan fingerprint density at radius 2 is 1.94 bits per heavy atom. The van der Waals surface area contributed by atoms with Crippen LogP contribution in [0.5, 0.6) is 0 Å². The van der Waals surface area contributed by atoms with E-state index in [2.05, 4.69) is 15.3 Å². The second-order valence-electron chi connectivity index (χ2n) is 4.82. The smallest absolute Gasteiger partial charge is 0.226 e. The van der Waals surface area contributed by atoms with Crippen molar-refractivity contribution in [2.45, 2.75) is 44.7 Å². The van der Waals surface area contributed by atoms with Gasteiger partial charge in [-0.2, -0.15) is 0 Å². The Kier molecular flexibility index (Phi) is 3.45. The van der Waals surface area contributed by atoms with E-state index < -0.39 is 0 Å². The second kappa shape index (κ2) is 4.85. The SMILES string of the molecule is CC=NC1=NC2(CCCCC2)N=C(N(C)C)N1. The Bertz CT molecular complexity index is 361. The second-order valence-corrected chi connectivity index (χ2v) is 4.82. The topological polar surface area (TPSA) is 52.4 Å². The summed E-state index contributed by atoms with van der Waals surface area (Å²) in [4.78, 5) is 15.7. The Labute approximate surface area is 103 Å². The highest BCUT2D eigenvalue weighted by molar-refractivity contribution is 6.02. The molecule has 0 atom stereocenters. The third-order valence-corrected chi connectivity index (χ3v) is 3.18. The fourth-order valence-corrected chi connectivity index (χ4v) is 2.31. The van der Waals surface area contributed by atoms with Gasteiger partial charge in [-0.3, -0.25) is 5.32 Å². The summed E-state index contributed by atoms with van der Waals surface area (Å²) in [6.07, 6.45) is 7.54. The lowest BCUT2D eigenvalue weighted by molar-refractivity contribution is 0.302. The lowest BCUT2D eigenvalue weighted by Crippen LogP contribution is -2.47. The molecule has 5 heteroatoms. The lowest BCUT2D eigenvalue weighted by atomic mass is 9.90. The molecule has 0 saturated heterocycles. The predicted molar refractivity (Wildman–Crippen MR) is 71.7 cm³/mol. The molecule has 0 unspecified atom stereocenters. The van der Waals surface area contributed by atoms with E-state index in [1.165, 1.54) is 19.3 Å². The van der Waals surface area contributed by atoms with Crippen molar-refractivity contribution >= 4 is 18.1 Å². The Morgan fingerprint density at radius 1 is 1.24 bits per heavy atom. The number of nitrogens with one attached hydrogen (secondary N) is 1. The van der Waals surface area contributed by atoms with E-state index in [1.807, 2.05) is 25.9 Å². The van der Waals surface area contributed by atoms with Gasteiger partial charge in [0.05, 0.1) is 0 Å². The van der Waals surface area contributed by atoms with Crippen molar-refractivity contribution < 1.29 is 0 Å². The van der Waals surface area contributed by atoms with Crippen LogP contribution in [0.3, 0.4) is 0 Å². The largest absolute Gasteiger partial charge is 0.349 e. The summed E-state index contributed by atoms with van der Waals surface area (Å²) in [5.74, 6) is 1.55. The molecule has 17 heavy (non-hydrogen) atoms. The molecule has 0 aromatic rings. The first kappa shape index (κ1) is 12.1. The molecule has 1 aliphatic heterocycles. The maximum Gasteiger partial charge on any atom is 0.226 e. The molecule has 2 aliphatic rings. The van der Waals surface area contributed by atoms with Crippen molar-refractivity contribution in [2.75, 3.05) is 14.1 Å². The molecule has 1 saturated carbocycles. The van der Waals surface area contributed by atoms with Crippen molar-refractivity contribution in [3.8, 4) is 0 Å². The van der Waals surface area contributed by atoms with Crippen molar-refractivity contribution in [1.82, 2.24) is 10.2 Å². The van der Waals surface area contributed by atoms with E-state index in [0.29, 0.717) is 5.96 Å². The average molecular weight is 235 g/mol. The predicted octanol–water partition coefficient (Wildman–Crippen LogP) is 1.61. The number of aliphatic imine (C=N–C) groups is 3. The first-order valence-corrected chi connectivity index (χ1v) is 6.28. The van der Waals surface area contributed by atoms with E-state index in [0.717, 1.165) is 18.8 Å². The van der Waals surface area contributed by atoms with Gasteiger partial charge in [0.2, 0.25) is 11.9 Å². The van der Waals surface area contributed by atoms with Crippen LogP contribution in [-0.2, 0) is 0 Å². The van der Waals surface area contributed by atoms with E-state index in [-0.39, 0.29) is 5.66 Å². The van der Waals surface area contributed by atoms with Gasteiger partial charge >= 0.3 is 0 Å². The fraction of sp³-hybridized carbons (Fsp3) is 0.750. The maximum atomic E-state index is 4.77. The molecule has 1 aliphatic carbocycles. The number of hydrogen-bond acceptors (Lipinski definition) is 5. The van der Waals surface area contributed by atoms with Crippen LogP contribution in [0.25, 0.3) is 0 Å². The summed E-state index contributed by atoms with van der Waals surface area (Å²) in [5.41, 5.74) is -0.259. The summed E-state index contributed by atoms with van der Waals surface area (Å²) in [6, 6.07) is 0. The van der Waals surface area contributed by atoms with Crippen molar-refractivity contribution in [3.05, 3.63) is 0 Å². The summed E-state index contributed by atoms with van der Waals surface area (Å²) in [7, 11) is 3.97. The van der Waals surface area contributed by atoms with E-state index >= 15 is 0 Å². The Morgan fingerprint density at radius 3 is 2.53 bits per heavy atom. The Hall–Kier alpha value is -1.39. The summed E-state index contributed by atoms with van der Waals surface area (Å²) < 4.78 is 0. The minimum absolute atomic E-state index is 0.259. The zero-order valence-electron chi connectivity index (χ0n) is 10.9. The molecule has 0 aromatic heterocycles. The van der Waals surface area contributed by atoms with Gasteiger partial charge in [-0.15, -0.1) is 0 Å².